The standard InChI is InChI=1S/C21H20F3N3O4S/c1-32(29,30)16-6-4-5-14(11-16)25-20(28)19-17-7-2-3-8-18(17)26-27(19)12-13-9-15(10-13)31-21(22,23)24/h2-8,11,13,15H,9-10,12H2,1H3,(H,25,28). The smallest absolute Gasteiger partial charge is 0.321 e. The fraction of sp³-hybridized carbons (Fsp3) is 0.333. The van der Waals surface area contributed by atoms with E-state index >= 15 is 0 Å². The van der Waals surface area contributed by atoms with Gasteiger partial charge in [-0.2, -0.15) is 5.10 Å². The molecule has 2 aromatic carbocycles. The summed E-state index contributed by atoms with van der Waals surface area (Å²) in [7, 11) is -3.45. The van der Waals surface area contributed by atoms with Crippen LogP contribution in [-0.2, 0) is 21.1 Å². The zero-order valence-corrected chi connectivity index (χ0v) is 17.8. The van der Waals surface area contributed by atoms with Crippen LogP contribution in [0.25, 0.3) is 10.9 Å². The van der Waals surface area contributed by atoms with Crippen molar-refractivity contribution in [1.29, 1.82) is 0 Å². The molecule has 3 aromatic rings. The summed E-state index contributed by atoms with van der Waals surface area (Å²) in [5, 5.41) is 7.74. The fourth-order valence-corrected chi connectivity index (χ4v) is 4.47. The summed E-state index contributed by atoms with van der Waals surface area (Å²) >= 11 is 0. The van der Waals surface area contributed by atoms with Gasteiger partial charge in [0, 0.05) is 23.9 Å². The Morgan fingerprint density at radius 3 is 2.59 bits per heavy atom. The lowest BCUT2D eigenvalue weighted by Crippen LogP contribution is -2.38. The van der Waals surface area contributed by atoms with Crippen molar-refractivity contribution in [3.63, 3.8) is 0 Å². The zero-order valence-electron chi connectivity index (χ0n) is 17.0. The average molecular weight is 467 g/mol. The Morgan fingerprint density at radius 2 is 1.91 bits per heavy atom. The van der Waals surface area contributed by atoms with Crippen molar-refractivity contribution >= 4 is 32.3 Å². The van der Waals surface area contributed by atoms with E-state index < -0.39 is 28.2 Å². The molecule has 0 radical (unpaired) electrons. The summed E-state index contributed by atoms with van der Waals surface area (Å²) in [4.78, 5) is 13.2. The van der Waals surface area contributed by atoms with E-state index in [2.05, 4.69) is 15.2 Å². The molecule has 1 N–H and O–H groups in total. The molecule has 7 nitrogen and oxygen atoms in total. The minimum absolute atomic E-state index is 0.0684. The maximum atomic E-state index is 13.1. The van der Waals surface area contributed by atoms with E-state index in [4.69, 9.17) is 0 Å². The molecule has 0 bridgehead atoms. The molecule has 0 unspecified atom stereocenters. The molecule has 0 aliphatic heterocycles. The van der Waals surface area contributed by atoms with E-state index in [0.717, 1.165) is 6.26 Å². The van der Waals surface area contributed by atoms with Crippen molar-refractivity contribution < 1.29 is 31.1 Å². The van der Waals surface area contributed by atoms with Gasteiger partial charge in [-0.1, -0.05) is 24.3 Å². The Labute approximate surface area is 182 Å². The highest BCUT2D eigenvalue weighted by atomic mass is 32.2. The predicted octanol–water partition coefficient (Wildman–Crippen LogP) is 4.01. The third kappa shape index (κ3) is 4.94. The van der Waals surface area contributed by atoms with Crippen molar-refractivity contribution in [2.45, 2.75) is 36.7 Å². The molecule has 4 rings (SSSR count). The third-order valence-electron chi connectivity index (χ3n) is 5.30. The number of hydrogen-bond acceptors (Lipinski definition) is 5. The first kappa shape index (κ1) is 22.3. The van der Waals surface area contributed by atoms with E-state index in [9.17, 15) is 26.4 Å². The number of rotatable bonds is 6. The summed E-state index contributed by atoms with van der Waals surface area (Å²) in [6.07, 6.45) is -4.05. The molecule has 170 valence electrons. The highest BCUT2D eigenvalue weighted by molar-refractivity contribution is 7.90. The van der Waals surface area contributed by atoms with Gasteiger partial charge in [0.2, 0.25) is 0 Å². The van der Waals surface area contributed by atoms with E-state index in [1.807, 2.05) is 0 Å². The average Bonchev–Trinajstić information content (AvgIpc) is 3.03. The molecule has 1 amide bonds. The molecule has 1 heterocycles. The van der Waals surface area contributed by atoms with Crippen LogP contribution in [0.15, 0.2) is 53.4 Å². The first-order valence-corrected chi connectivity index (χ1v) is 11.7. The second kappa shape index (κ2) is 8.21. The number of ether oxygens (including phenoxy) is 1. The quantitative estimate of drug-likeness (QED) is 0.592. The van der Waals surface area contributed by atoms with Gasteiger partial charge in [-0.25, -0.2) is 8.42 Å². The SMILES string of the molecule is CS(=O)(=O)c1cccc(NC(=O)c2c3ccccc3nn2CC2CC(OC(F)(F)F)C2)c1. The van der Waals surface area contributed by atoms with E-state index in [-0.39, 0.29) is 35.9 Å². The van der Waals surface area contributed by atoms with Crippen LogP contribution >= 0.6 is 0 Å². The normalized spacial score (nSPS) is 19.0. The van der Waals surface area contributed by atoms with E-state index in [1.54, 1.807) is 30.3 Å². The van der Waals surface area contributed by atoms with Gasteiger partial charge < -0.3 is 5.32 Å². The number of halogens is 3. The highest BCUT2D eigenvalue weighted by Gasteiger charge is 2.40. The number of amides is 1. The number of nitrogens with one attached hydrogen (secondary N) is 1. The van der Waals surface area contributed by atoms with Crippen LogP contribution in [0, 0.1) is 5.92 Å². The van der Waals surface area contributed by atoms with Crippen molar-refractivity contribution in [3.8, 4) is 0 Å². The number of nitrogens with zero attached hydrogens (tertiary/aromatic N) is 2. The van der Waals surface area contributed by atoms with Gasteiger partial charge in [-0.3, -0.25) is 14.2 Å². The molecule has 11 heteroatoms. The zero-order chi connectivity index (χ0) is 23.1. The van der Waals surface area contributed by atoms with Crippen LogP contribution in [-0.4, -0.2) is 42.8 Å². The molecule has 1 aromatic heterocycles. The van der Waals surface area contributed by atoms with Crippen molar-refractivity contribution in [1.82, 2.24) is 9.78 Å². The number of sulfone groups is 1. The Hall–Kier alpha value is -2.92. The summed E-state index contributed by atoms with van der Waals surface area (Å²) < 4.78 is 66.2. The second-order valence-electron chi connectivity index (χ2n) is 7.83. The monoisotopic (exact) mass is 467 g/mol. The predicted molar refractivity (Wildman–Crippen MR) is 111 cm³/mol. The Bertz CT molecular complexity index is 1260. The lowest BCUT2D eigenvalue weighted by atomic mass is 9.82. The molecule has 1 aliphatic rings. The van der Waals surface area contributed by atoms with Gasteiger partial charge in [0.25, 0.3) is 5.91 Å². The number of aromatic nitrogens is 2. The van der Waals surface area contributed by atoms with Gasteiger partial charge in [0.1, 0.15) is 5.69 Å². The van der Waals surface area contributed by atoms with Crippen molar-refractivity contribution in [2.24, 2.45) is 5.92 Å². The third-order valence-corrected chi connectivity index (χ3v) is 6.41. The summed E-state index contributed by atoms with van der Waals surface area (Å²) in [5.74, 6) is -0.608. The van der Waals surface area contributed by atoms with Crippen molar-refractivity contribution in [2.75, 3.05) is 11.6 Å². The molecule has 0 atom stereocenters. The number of hydrogen-bond donors (Lipinski definition) is 1. The van der Waals surface area contributed by atoms with E-state index in [0.29, 0.717) is 16.6 Å². The number of carbonyl (C=O) groups excluding carboxylic acids is 1. The van der Waals surface area contributed by atoms with Crippen LogP contribution in [0.2, 0.25) is 0 Å². The van der Waals surface area contributed by atoms with Gasteiger partial charge >= 0.3 is 6.36 Å². The van der Waals surface area contributed by atoms with Gasteiger partial charge in [-0.05, 0) is 43.0 Å². The Morgan fingerprint density at radius 1 is 1.19 bits per heavy atom. The first-order chi connectivity index (χ1) is 15.0. The van der Waals surface area contributed by atoms with Crippen LogP contribution in [0.4, 0.5) is 18.9 Å². The molecule has 1 fully saturated rings. The Balaban J connectivity index is 1.56. The molecule has 0 saturated heterocycles. The van der Waals surface area contributed by atoms with Gasteiger partial charge in [-0.15, -0.1) is 13.2 Å². The van der Waals surface area contributed by atoms with Crippen LogP contribution in [0.1, 0.15) is 23.3 Å². The largest absolute Gasteiger partial charge is 0.522 e. The minimum atomic E-state index is -4.67. The molecule has 32 heavy (non-hydrogen) atoms. The topological polar surface area (TPSA) is 90.3 Å². The molecule has 1 saturated carbocycles. The van der Waals surface area contributed by atoms with Crippen LogP contribution in [0.3, 0.4) is 0 Å². The first-order valence-electron chi connectivity index (χ1n) is 9.81. The molecule has 0 spiro atoms. The number of alkyl halides is 3. The van der Waals surface area contributed by atoms with Crippen molar-refractivity contribution in [3.05, 3.63) is 54.2 Å². The number of anilines is 1. The molecular formula is C21H20F3N3O4S. The molecular weight excluding hydrogens is 447 g/mol. The maximum absolute atomic E-state index is 13.1. The minimum Gasteiger partial charge on any atom is -0.321 e. The number of benzene rings is 2. The highest BCUT2D eigenvalue weighted by Crippen LogP contribution is 2.36. The van der Waals surface area contributed by atoms with Crippen LogP contribution in [0.5, 0.6) is 0 Å². The lowest BCUT2D eigenvalue weighted by Gasteiger charge is -2.35. The summed E-state index contributed by atoms with van der Waals surface area (Å²) in [6, 6.07) is 12.9. The van der Waals surface area contributed by atoms with E-state index in [1.165, 1.54) is 22.9 Å². The lowest BCUT2D eigenvalue weighted by molar-refractivity contribution is -0.354. The number of fused-ring (bicyclic) bond motifs is 1. The Kier molecular flexibility index (Phi) is 5.72. The van der Waals surface area contributed by atoms with Gasteiger partial charge in [0.05, 0.1) is 16.5 Å². The van der Waals surface area contributed by atoms with Gasteiger partial charge in [0.15, 0.2) is 9.84 Å². The second-order valence-corrected chi connectivity index (χ2v) is 9.84. The maximum Gasteiger partial charge on any atom is 0.522 e. The fourth-order valence-electron chi connectivity index (χ4n) is 3.80. The van der Waals surface area contributed by atoms with Crippen LogP contribution < -0.4 is 5.32 Å². The number of carbonyl (C=O) groups is 1. The summed E-state index contributed by atoms with van der Waals surface area (Å²) in [5.41, 5.74) is 1.13. The summed E-state index contributed by atoms with van der Waals surface area (Å²) in [6.45, 7) is 0.262. The molecule has 1 aliphatic carbocycles.